The highest BCUT2D eigenvalue weighted by Gasteiger charge is 2.17. The third-order valence-electron chi connectivity index (χ3n) is 5.17. The summed E-state index contributed by atoms with van der Waals surface area (Å²) in [5.41, 5.74) is 1.64. The van der Waals surface area contributed by atoms with Crippen LogP contribution in [0.4, 0.5) is 0 Å². The van der Waals surface area contributed by atoms with Crippen LogP contribution < -0.4 is 20.3 Å². The summed E-state index contributed by atoms with van der Waals surface area (Å²) < 4.78 is 13.1. The Morgan fingerprint density at radius 3 is 2.81 bits per heavy atom. The van der Waals surface area contributed by atoms with Gasteiger partial charge in [0.2, 0.25) is 0 Å². The number of nitrogens with zero attached hydrogens (tertiary/aromatic N) is 1. The number of carbonyl (C=O) groups is 1. The van der Waals surface area contributed by atoms with E-state index in [1.807, 2.05) is 25.1 Å². The van der Waals surface area contributed by atoms with Crippen molar-refractivity contribution in [2.45, 2.75) is 25.9 Å². The highest BCUT2D eigenvalue weighted by Crippen LogP contribution is 2.32. The Kier molecular flexibility index (Phi) is 5.90. The number of H-pyrrole nitrogens is 1. The molecule has 2 heterocycles. The van der Waals surface area contributed by atoms with Crippen LogP contribution in [0, 0.1) is 4.77 Å². The van der Waals surface area contributed by atoms with Crippen molar-refractivity contribution in [3.8, 4) is 11.5 Å². The Bertz CT molecular complexity index is 1280. The average Bonchev–Trinajstić information content (AvgIpc) is 3.01. The van der Waals surface area contributed by atoms with Gasteiger partial charge in [-0.3, -0.25) is 14.2 Å². The smallest absolute Gasteiger partial charge is 0.262 e. The maximum Gasteiger partial charge on any atom is 0.262 e. The number of amides is 1. The molecule has 2 N–H and O–H groups in total. The van der Waals surface area contributed by atoms with Gasteiger partial charge in [-0.15, -0.1) is 6.58 Å². The van der Waals surface area contributed by atoms with Crippen LogP contribution in [0.1, 0.15) is 35.3 Å². The zero-order valence-electron chi connectivity index (χ0n) is 17.1. The lowest BCUT2D eigenvalue weighted by Gasteiger charge is -2.17. The molecule has 0 saturated heterocycles. The fourth-order valence-corrected chi connectivity index (χ4v) is 3.77. The number of ether oxygens (including phenoxy) is 2. The first kappa shape index (κ1) is 20.9. The molecule has 1 aliphatic rings. The van der Waals surface area contributed by atoms with E-state index < -0.39 is 0 Å². The third kappa shape index (κ3) is 4.25. The molecule has 0 radical (unpaired) electrons. The van der Waals surface area contributed by atoms with Crippen molar-refractivity contribution in [2.24, 2.45) is 0 Å². The lowest BCUT2D eigenvalue weighted by molar-refractivity contribution is 0.0940. The van der Waals surface area contributed by atoms with Crippen LogP contribution in [-0.4, -0.2) is 28.7 Å². The molecule has 7 nitrogen and oxygen atoms in total. The van der Waals surface area contributed by atoms with E-state index in [0.29, 0.717) is 47.7 Å². The molecule has 0 bridgehead atoms. The van der Waals surface area contributed by atoms with Crippen molar-refractivity contribution < 1.29 is 14.3 Å². The molecule has 4 rings (SSSR count). The molecule has 0 saturated carbocycles. The first-order chi connectivity index (χ1) is 15.0. The minimum atomic E-state index is -0.254. The molecule has 1 aromatic heterocycles. The van der Waals surface area contributed by atoms with Gasteiger partial charge < -0.3 is 19.8 Å². The Morgan fingerprint density at radius 2 is 2.03 bits per heavy atom. The van der Waals surface area contributed by atoms with Gasteiger partial charge >= 0.3 is 0 Å². The summed E-state index contributed by atoms with van der Waals surface area (Å²) in [4.78, 5) is 28.5. The summed E-state index contributed by atoms with van der Waals surface area (Å²) in [6.45, 7) is 7.10. The molecule has 31 heavy (non-hydrogen) atoms. The quantitative estimate of drug-likeness (QED) is 0.467. The Morgan fingerprint density at radius 1 is 1.26 bits per heavy atom. The van der Waals surface area contributed by atoms with Gasteiger partial charge in [-0.25, -0.2) is 0 Å². The summed E-state index contributed by atoms with van der Waals surface area (Å²) in [7, 11) is 0. The zero-order valence-corrected chi connectivity index (χ0v) is 18.0. The first-order valence-electron chi connectivity index (χ1n) is 10.1. The van der Waals surface area contributed by atoms with Gasteiger partial charge in [0.15, 0.2) is 16.3 Å². The molecule has 1 amide bonds. The number of fused-ring (bicyclic) bond motifs is 2. The van der Waals surface area contributed by atoms with E-state index in [1.165, 1.54) is 4.57 Å². The summed E-state index contributed by atoms with van der Waals surface area (Å²) in [6.07, 6.45) is 2.44. The van der Waals surface area contributed by atoms with Crippen molar-refractivity contribution in [1.29, 1.82) is 0 Å². The Hall–Kier alpha value is -3.39. The lowest BCUT2D eigenvalue weighted by atomic mass is 10.1. The molecule has 0 spiro atoms. The van der Waals surface area contributed by atoms with Crippen LogP contribution in [0.3, 0.4) is 0 Å². The molecule has 1 aliphatic heterocycles. The maximum atomic E-state index is 12.9. The van der Waals surface area contributed by atoms with E-state index >= 15 is 0 Å². The van der Waals surface area contributed by atoms with Gasteiger partial charge in [-0.2, -0.15) is 0 Å². The lowest BCUT2D eigenvalue weighted by Crippen LogP contribution is -2.27. The maximum absolute atomic E-state index is 12.9. The predicted molar refractivity (Wildman–Crippen MR) is 122 cm³/mol. The van der Waals surface area contributed by atoms with Crippen molar-refractivity contribution in [1.82, 2.24) is 14.9 Å². The Labute approximate surface area is 184 Å². The van der Waals surface area contributed by atoms with Crippen molar-refractivity contribution in [2.75, 3.05) is 13.2 Å². The molecule has 0 fully saturated rings. The summed E-state index contributed by atoms with van der Waals surface area (Å²) >= 11 is 5.27. The highest BCUT2D eigenvalue weighted by atomic mass is 32.1. The molecule has 3 aromatic rings. The van der Waals surface area contributed by atoms with Crippen LogP contribution in [0.5, 0.6) is 11.5 Å². The number of nitrogens with one attached hydrogen (secondary N) is 2. The molecule has 8 heteroatoms. The summed E-state index contributed by atoms with van der Waals surface area (Å²) in [5, 5.41) is 3.45. The van der Waals surface area contributed by atoms with E-state index in [9.17, 15) is 9.59 Å². The largest absolute Gasteiger partial charge is 0.490 e. The number of allylic oxidation sites excluding steroid dienone is 1. The van der Waals surface area contributed by atoms with E-state index in [0.717, 1.165) is 12.0 Å². The standard InChI is InChI=1S/C23H23N3O4S/c1-3-9-26-22(28)17-7-5-16(12-18(17)25-23(26)31)21(27)24-14(2)15-6-8-19-20(13-15)30-11-4-10-29-19/h3,5-8,12-14H,1,4,9-11H2,2H3,(H,24,27)(H,25,31)/t14-/m1/s1. The van der Waals surface area contributed by atoms with E-state index in [1.54, 1.807) is 24.3 Å². The van der Waals surface area contributed by atoms with Crippen LogP contribution in [0.25, 0.3) is 10.9 Å². The van der Waals surface area contributed by atoms with Crippen LogP contribution in [0.2, 0.25) is 0 Å². The third-order valence-corrected chi connectivity index (χ3v) is 5.50. The van der Waals surface area contributed by atoms with Gasteiger partial charge in [0.1, 0.15) is 0 Å². The SMILES string of the molecule is C=CCn1c(=S)[nH]c2cc(C(=O)N[C@H](C)c3ccc4c(c3)OCCCO4)ccc2c1=O. The van der Waals surface area contributed by atoms with Crippen LogP contribution >= 0.6 is 12.2 Å². The van der Waals surface area contributed by atoms with Crippen molar-refractivity contribution in [3.63, 3.8) is 0 Å². The van der Waals surface area contributed by atoms with Crippen LogP contribution in [-0.2, 0) is 6.54 Å². The fraction of sp³-hybridized carbons (Fsp3) is 0.261. The second-order valence-corrected chi connectivity index (χ2v) is 7.73. The summed E-state index contributed by atoms with van der Waals surface area (Å²) in [6, 6.07) is 10.3. The van der Waals surface area contributed by atoms with Gasteiger partial charge in [-0.05, 0) is 55.0 Å². The number of carbonyl (C=O) groups excluding carboxylic acids is 1. The second-order valence-electron chi connectivity index (χ2n) is 7.35. The number of benzene rings is 2. The van der Waals surface area contributed by atoms with E-state index in [2.05, 4.69) is 16.9 Å². The average molecular weight is 438 g/mol. The topological polar surface area (TPSA) is 85.3 Å². The molecule has 2 aromatic carbocycles. The van der Waals surface area contributed by atoms with Gasteiger partial charge in [0.05, 0.1) is 30.2 Å². The van der Waals surface area contributed by atoms with E-state index in [4.69, 9.17) is 21.7 Å². The van der Waals surface area contributed by atoms with Crippen molar-refractivity contribution >= 4 is 29.0 Å². The monoisotopic (exact) mass is 437 g/mol. The fourth-order valence-electron chi connectivity index (χ4n) is 3.50. The number of aromatic nitrogens is 2. The normalized spacial score (nSPS) is 14.0. The number of hydrogen-bond acceptors (Lipinski definition) is 5. The minimum absolute atomic E-state index is 0.217. The van der Waals surface area contributed by atoms with Gasteiger partial charge in [0, 0.05) is 18.5 Å². The molecule has 1 atom stereocenters. The highest BCUT2D eigenvalue weighted by molar-refractivity contribution is 7.71. The number of rotatable bonds is 5. The van der Waals surface area contributed by atoms with Crippen molar-refractivity contribution in [3.05, 3.63) is 75.3 Å². The molecular formula is C23H23N3O4S. The minimum Gasteiger partial charge on any atom is -0.490 e. The zero-order chi connectivity index (χ0) is 22.0. The van der Waals surface area contributed by atoms with Crippen LogP contribution in [0.15, 0.2) is 53.8 Å². The predicted octanol–water partition coefficient (Wildman–Crippen LogP) is 3.90. The number of hydrogen-bond donors (Lipinski definition) is 2. The molecular weight excluding hydrogens is 414 g/mol. The Balaban J connectivity index is 1.57. The number of aromatic amines is 1. The van der Waals surface area contributed by atoms with Gasteiger partial charge in [0.25, 0.3) is 11.5 Å². The molecule has 160 valence electrons. The van der Waals surface area contributed by atoms with Gasteiger partial charge in [-0.1, -0.05) is 12.1 Å². The molecule has 0 aliphatic carbocycles. The molecule has 0 unspecified atom stereocenters. The summed E-state index contributed by atoms with van der Waals surface area (Å²) in [5.74, 6) is 1.15. The van der Waals surface area contributed by atoms with E-state index in [-0.39, 0.29) is 22.3 Å². The first-order valence-corrected chi connectivity index (χ1v) is 10.5. The second kappa shape index (κ2) is 8.77.